The lowest BCUT2D eigenvalue weighted by molar-refractivity contribution is -0.138. The van der Waals surface area contributed by atoms with Gasteiger partial charge in [0.05, 0.1) is 0 Å². The standard InChI is InChI=1S/C14H27NO/c1-13(2,3)11-8-10(11)9-15(7)12(16)14(4,5)6/h10-11H,8-9H2,1-7H3. The van der Waals surface area contributed by atoms with Gasteiger partial charge < -0.3 is 4.90 Å². The molecule has 0 aliphatic heterocycles. The SMILES string of the molecule is CN(CC1CC1C(C)(C)C)C(=O)C(C)(C)C. The summed E-state index contributed by atoms with van der Waals surface area (Å²) in [5.74, 6) is 1.77. The molecule has 0 bridgehead atoms. The van der Waals surface area contributed by atoms with Crippen molar-refractivity contribution in [2.45, 2.75) is 48.0 Å². The lowest BCUT2D eigenvalue weighted by Gasteiger charge is -2.27. The van der Waals surface area contributed by atoms with Crippen LogP contribution >= 0.6 is 0 Å². The van der Waals surface area contributed by atoms with Crippen LogP contribution in [0.3, 0.4) is 0 Å². The third-order valence-electron chi connectivity index (χ3n) is 3.53. The maximum absolute atomic E-state index is 12.0. The Bertz CT molecular complexity index is 269. The van der Waals surface area contributed by atoms with E-state index in [0.717, 1.165) is 18.4 Å². The van der Waals surface area contributed by atoms with E-state index in [0.29, 0.717) is 5.41 Å². The van der Waals surface area contributed by atoms with Crippen molar-refractivity contribution in [3.8, 4) is 0 Å². The van der Waals surface area contributed by atoms with Crippen LogP contribution in [0.5, 0.6) is 0 Å². The van der Waals surface area contributed by atoms with E-state index in [2.05, 4.69) is 20.8 Å². The van der Waals surface area contributed by atoms with Crippen molar-refractivity contribution in [1.29, 1.82) is 0 Å². The lowest BCUT2D eigenvalue weighted by atomic mass is 9.88. The largest absolute Gasteiger partial charge is 0.345 e. The van der Waals surface area contributed by atoms with Crippen LogP contribution in [0.1, 0.15) is 48.0 Å². The van der Waals surface area contributed by atoms with Crippen LogP contribution in [0.4, 0.5) is 0 Å². The molecule has 2 heteroatoms. The highest BCUT2D eigenvalue weighted by molar-refractivity contribution is 5.81. The molecule has 16 heavy (non-hydrogen) atoms. The molecule has 0 saturated heterocycles. The Kier molecular flexibility index (Phi) is 3.42. The average molecular weight is 225 g/mol. The molecule has 0 aromatic rings. The summed E-state index contributed by atoms with van der Waals surface area (Å²) in [6, 6.07) is 0. The van der Waals surface area contributed by atoms with Gasteiger partial charge in [-0.25, -0.2) is 0 Å². The molecule has 94 valence electrons. The minimum atomic E-state index is -0.249. The van der Waals surface area contributed by atoms with Crippen molar-refractivity contribution in [3.05, 3.63) is 0 Å². The van der Waals surface area contributed by atoms with E-state index in [1.165, 1.54) is 6.42 Å². The Balaban J connectivity index is 2.44. The molecule has 0 N–H and O–H groups in total. The fraction of sp³-hybridized carbons (Fsp3) is 0.929. The smallest absolute Gasteiger partial charge is 0.227 e. The molecule has 0 aromatic heterocycles. The van der Waals surface area contributed by atoms with E-state index in [1.807, 2.05) is 32.7 Å². The summed E-state index contributed by atoms with van der Waals surface area (Å²) in [5.41, 5.74) is 0.150. The minimum absolute atomic E-state index is 0.249. The molecule has 0 spiro atoms. The van der Waals surface area contributed by atoms with Crippen LogP contribution < -0.4 is 0 Å². The van der Waals surface area contributed by atoms with Gasteiger partial charge in [-0.2, -0.15) is 0 Å². The van der Waals surface area contributed by atoms with Gasteiger partial charge in [-0.05, 0) is 23.7 Å². The zero-order chi connectivity index (χ0) is 12.7. The van der Waals surface area contributed by atoms with E-state index < -0.39 is 0 Å². The third-order valence-corrected chi connectivity index (χ3v) is 3.53. The third kappa shape index (κ3) is 3.23. The van der Waals surface area contributed by atoms with Crippen molar-refractivity contribution >= 4 is 5.91 Å². The second-order valence-electron chi connectivity index (χ2n) is 7.40. The number of hydrogen-bond donors (Lipinski definition) is 0. The van der Waals surface area contributed by atoms with E-state index in [4.69, 9.17) is 0 Å². The van der Waals surface area contributed by atoms with E-state index in [-0.39, 0.29) is 11.3 Å². The van der Waals surface area contributed by atoms with Crippen LogP contribution in [0.15, 0.2) is 0 Å². The van der Waals surface area contributed by atoms with Gasteiger partial charge in [0.15, 0.2) is 0 Å². The van der Waals surface area contributed by atoms with Crippen LogP contribution in [-0.4, -0.2) is 24.4 Å². The first-order chi connectivity index (χ1) is 7.03. The summed E-state index contributed by atoms with van der Waals surface area (Å²) < 4.78 is 0. The molecule has 1 rings (SSSR count). The molecule has 1 saturated carbocycles. The summed E-state index contributed by atoms with van der Waals surface area (Å²) in [5, 5.41) is 0. The summed E-state index contributed by atoms with van der Waals surface area (Å²) in [7, 11) is 1.94. The topological polar surface area (TPSA) is 20.3 Å². The highest BCUT2D eigenvalue weighted by atomic mass is 16.2. The van der Waals surface area contributed by atoms with E-state index in [1.54, 1.807) is 0 Å². The van der Waals surface area contributed by atoms with Gasteiger partial charge in [0, 0.05) is 19.0 Å². The monoisotopic (exact) mass is 225 g/mol. The number of amides is 1. The molecular weight excluding hydrogens is 198 g/mol. The van der Waals surface area contributed by atoms with Crippen LogP contribution in [0, 0.1) is 22.7 Å². The van der Waals surface area contributed by atoms with Gasteiger partial charge in [-0.1, -0.05) is 41.5 Å². The normalized spacial score (nSPS) is 25.4. The van der Waals surface area contributed by atoms with Crippen LogP contribution in [-0.2, 0) is 4.79 Å². The molecule has 1 aliphatic carbocycles. The van der Waals surface area contributed by atoms with Crippen LogP contribution in [0.25, 0.3) is 0 Å². The summed E-state index contributed by atoms with van der Waals surface area (Å²) in [6.45, 7) is 13.8. The van der Waals surface area contributed by atoms with Crippen molar-refractivity contribution < 1.29 is 4.79 Å². The number of nitrogens with zero attached hydrogens (tertiary/aromatic N) is 1. The molecule has 0 heterocycles. The first-order valence-corrected chi connectivity index (χ1v) is 6.29. The fourth-order valence-corrected chi connectivity index (χ4v) is 2.52. The second kappa shape index (κ2) is 4.05. The Hall–Kier alpha value is -0.530. The molecule has 0 aromatic carbocycles. The molecule has 0 radical (unpaired) electrons. The zero-order valence-corrected chi connectivity index (χ0v) is 11.9. The molecule has 1 amide bonds. The molecule has 2 nitrogen and oxygen atoms in total. The predicted molar refractivity (Wildman–Crippen MR) is 68.1 cm³/mol. The van der Waals surface area contributed by atoms with Gasteiger partial charge in [-0.15, -0.1) is 0 Å². The van der Waals surface area contributed by atoms with Crippen molar-refractivity contribution in [3.63, 3.8) is 0 Å². The first-order valence-electron chi connectivity index (χ1n) is 6.29. The highest BCUT2D eigenvalue weighted by Gasteiger charge is 2.46. The molecule has 1 aliphatic rings. The minimum Gasteiger partial charge on any atom is -0.345 e. The maximum Gasteiger partial charge on any atom is 0.227 e. The fourth-order valence-electron chi connectivity index (χ4n) is 2.52. The zero-order valence-electron chi connectivity index (χ0n) is 11.9. The average Bonchev–Trinajstić information content (AvgIpc) is 2.79. The van der Waals surface area contributed by atoms with Gasteiger partial charge in [0.2, 0.25) is 5.91 Å². The van der Waals surface area contributed by atoms with Crippen LogP contribution in [0.2, 0.25) is 0 Å². The van der Waals surface area contributed by atoms with Gasteiger partial charge in [0.25, 0.3) is 0 Å². The van der Waals surface area contributed by atoms with E-state index in [9.17, 15) is 4.79 Å². The highest BCUT2D eigenvalue weighted by Crippen LogP contribution is 2.50. The molecular formula is C14H27NO. The quantitative estimate of drug-likeness (QED) is 0.707. The van der Waals surface area contributed by atoms with Crippen molar-refractivity contribution in [2.24, 2.45) is 22.7 Å². The van der Waals surface area contributed by atoms with Gasteiger partial charge in [-0.3, -0.25) is 4.79 Å². The summed E-state index contributed by atoms with van der Waals surface area (Å²) in [4.78, 5) is 13.9. The lowest BCUT2D eigenvalue weighted by Crippen LogP contribution is -2.38. The number of rotatable bonds is 2. The molecule has 2 unspecified atom stereocenters. The number of carbonyl (C=O) groups excluding carboxylic acids is 1. The molecule has 2 atom stereocenters. The first kappa shape index (κ1) is 13.5. The second-order valence-corrected chi connectivity index (χ2v) is 7.40. The predicted octanol–water partition coefficient (Wildman–Crippen LogP) is 3.17. The van der Waals surface area contributed by atoms with Gasteiger partial charge in [0.1, 0.15) is 0 Å². The number of hydrogen-bond acceptors (Lipinski definition) is 1. The maximum atomic E-state index is 12.0. The number of carbonyl (C=O) groups is 1. The van der Waals surface area contributed by atoms with Crippen molar-refractivity contribution in [2.75, 3.05) is 13.6 Å². The molecule has 1 fully saturated rings. The Labute approximate surface area is 100 Å². The van der Waals surface area contributed by atoms with E-state index >= 15 is 0 Å². The summed E-state index contributed by atoms with van der Waals surface area (Å²) >= 11 is 0. The van der Waals surface area contributed by atoms with Crippen molar-refractivity contribution in [1.82, 2.24) is 4.90 Å². The Morgan fingerprint density at radius 3 is 2.00 bits per heavy atom. The van der Waals surface area contributed by atoms with Gasteiger partial charge >= 0.3 is 0 Å². The Morgan fingerprint density at radius 1 is 1.19 bits per heavy atom. The summed E-state index contributed by atoms with van der Waals surface area (Å²) in [6.07, 6.45) is 1.28. The Morgan fingerprint density at radius 2 is 1.69 bits per heavy atom.